The zero-order valence-electron chi connectivity index (χ0n) is 31.6. The van der Waals surface area contributed by atoms with E-state index in [9.17, 15) is 18.9 Å². The molecule has 0 saturated heterocycles. The van der Waals surface area contributed by atoms with Crippen LogP contribution in [-0.4, -0.2) is 70.5 Å². The maximum Gasteiger partial charge on any atom is 0.474 e. The molecule has 0 amide bonds. The van der Waals surface area contributed by atoms with Crippen molar-refractivity contribution in [2.45, 2.75) is 170 Å². The zero-order valence-corrected chi connectivity index (χ0v) is 37.3. The molecule has 0 rings (SSSR count). The topological polar surface area (TPSA) is 124 Å². The number of hydrogen-bond donors (Lipinski definition) is 0. The summed E-state index contributed by atoms with van der Waals surface area (Å²) < 4.78 is 44.4. The van der Waals surface area contributed by atoms with Gasteiger partial charge in [-0.25, -0.2) is 4.57 Å². The van der Waals surface area contributed by atoms with Crippen molar-refractivity contribution >= 4 is 73.5 Å². The van der Waals surface area contributed by atoms with E-state index in [2.05, 4.69) is 47.8 Å². The molecule has 0 radical (unpaired) electrons. The Kier molecular flexibility index (Phi) is 28.4. The summed E-state index contributed by atoms with van der Waals surface area (Å²) in [6.07, 6.45) is 16.7. The Hall–Kier alpha value is -0.0400. The third kappa shape index (κ3) is 29.4. The molecule has 0 bridgehead atoms. The van der Waals surface area contributed by atoms with Gasteiger partial charge in [0, 0.05) is 0 Å². The van der Waals surface area contributed by atoms with Gasteiger partial charge in [0.25, 0.3) is 0 Å². The summed E-state index contributed by atoms with van der Waals surface area (Å²) in [7, 11) is -3.66. The molecular weight excluding hydrogens is 863 g/mol. The van der Waals surface area contributed by atoms with Crippen LogP contribution in [0.25, 0.3) is 0 Å². The fourth-order valence-electron chi connectivity index (χ4n) is 4.38. The minimum absolute atomic E-state index is 0.249. The number of rotatable bonds is 33. The van der Waals surface area contributed by atoms with Crippen molar-refractivity contribution in [3.63, 3.8) is 0 Å². The quantitative estimate of drug-likeness (QED) is 0.0207. The Morgan fingerprint density at radius 2 is 0.560 bits per heavy atom. The lowest BCUT2D eigenvalue weighted by molar-refractivity contribution is -0.146. The van der Waals surface area contributed by atoms with Crippen molar-refractivity contribution in [3.05, 3.63) is 0 Å². The molecule has 0 aromatic rings. The predicted octanol–water partition coefficient (Wildman–Crippen LogP) is 11.3. The van der Waals surface area contributed by atoms with Crippen molar-refractivity contribution in [2.24, 2.45) is 0 Å². The summed E-state index contributed by atoms with van der Waals surface area (Å²) in [5.74, 6) is -0.746. The standard InChI is InChI=1S/C36H66Br3O10P/c1-34(2,37)31(40)44-25-19-13-7-10-16-22-28-47-50(43,48-29-23-17-11-8-14-20-26-45-32(41)35(3,4)38)49-30-24-18-12-9-15-21-27-46-33(42)36(5,6)39/h7-30H2,1-6H3. The average molecular weight is 930 g/mol. The minimum atomic E-state index is -3.66. The van der Waals surface area contributed by atoms with Crippen molar-refractivity contribution in [1.29, 1.82) is 0 Å². The van der Waals surface area contributed by atoms with Crippen molar-refractivity contribution < 1.29 is 46.7 Å². The lowest BCUT2D eigenvalue weighted by atomic mass is 10.1. The Balaban J connectivity index is 4.32. The second-order valence-corrected chi connectivity index (χ2v) is 21.8. The highest BCUT2D eigenvalue weighted by molar-refractivity contribution is 9.10. The van der Waals surface area contributed by atoms with E-state index in [1.54, 1.807) is 41.5 Å². The van der Waals surface area contributed by atoms with Gasteiger partial charge in [0.05, 0.1) is 39.6 Å². The molecule has 296 valence electrons. The molecule has 0 aromatic carbocycles. The third-order valence-electron chi connectivity index (χ3n) is 7.52. The first kappa shape index (κ1) is 50.0. The Labute approximate surface area is 328 Å². The van der Waals surface area contributed by atoms with E-state index >= 15 is 0 Å². The highest BCUT2D eigenvalue weighted by Gasteiger charge is 2.28. The van der Waals surface area contributed by atoms with E-state index in [-0.39, 0.29) is 17.9 Å². The van der Waals surface area contributed by atoms with Gasteiger partial charge in [-0.1, -0.05) is 125 Å². The van der Waals surface area contributed by atoms with Gasteiger partial charge in [0.1, 0.15) is 13.0 Å². The summed E-state index contributed by atoms with van der Waals surface area (Å²) >= 11 is 9.92. The molecule has 50 heavy (non-hydrogen) atoms. The minimum Gasteiger partial charge on any atom is -0.465 e. The van der Waals surface area contributed by atoms with Crippen LogP contribution in [0.3, 0.4) is 0 Å². The van der Waals surface area contributed by atoms with Gasteiger partial charge in [0.15, 0.2) is 0 Å². The molecule has 0 aliphatic heterocycles. The molecule has 0 aliphatic carbocycles. The first-order valence-corrected chi connectivity index (χ1v) is 22.3. The van der Waals surface area contributed by atoms with Gasteiger partial charge in [-0.15, -0.1) is 0 Å². The van der Waals surface area contributed by atoms with Crippen LogP contribution in [0.5, 0.6) is 0 Å². The van der Waals surface area contributed by atoms with Crippen LogP contribution in [0.15, 0.2) is 0 Å². The van der Waals surface area contributed by atoms with Gasteiger partial charge >= 0.3 is 25.7 Å². The van der Waals surface area contributed by atoms with E-state index in [0.717, 1.165) is 116 Å². The highest BCUT2D eigenvalue weighted by atomic mass is 79.9. The molecule has 0 heterocycles. The Morgan fingerprint density at radius 3 is 0.760 bits per heavy atom. The second-order valence-electron chi connectivity index (χ2n) is 14.1. The zero-order chi connectivity index (χ0) is 37.9. The maximum atomic E-state index is 13.4. The number of hydrogen-bond acceptors (Lipinski definition) is 10. The summed E-state index contributed by atoms with van der Waals surface area (Å²) in [6.45, 7) is 12.8. The summed E-state index contributed by atoms with van der Waals surface area (Å²) in [5, 5.41) is 0. The molecule has 14 heteroatoms. The number of phosphoric ester groups is 1. The van der Waals surface area contributed by atoms with E-state index in [1.807, 2.05) is 0 Å². The van der Waals surface area contributed by atoms with Gasteiger partial charge in [-0.2, -0.15) is 0 Å². The molecule has 0 atom stereocenters. The van der Waals surface area contributed by atoms with Crippen molar-refractivity contribution in [1.82, 2.24) is 0 Å². The Morgan fingerprint density at radius 1 is 0.380 bits per heavy atom. The summed E-state index contributed by atoms with van der Waals surface area (Å²) in [6, 6.07) is 0. The monoisotopic (exact) mass is 926 g/mol. The van der Waals surface area contributed by atoms with Gasteiger partial charge in [-0.05, 0) is 80.1 Å². The van der Waals surface area contributed by atoms with Crippen LogP contribution < -0.4 is 0 Å². The largest absolute Gasteiger partial charge is 0.474 e. The lowest BCUT2D eigenvalue weighted by Gasteiger charge is -2.18. The van der Waals surface area contributed by atoms with Crippen LogP contribution >= 0.6 is 55.6 Å². The Bertz CT molecular complexity index is 842. The van der Waals surface area contributed by atoms with Gasteiger partial charge < -0.3 is 14.2 Å². The molecule has 0 aliphatic rings. The normalized spacial score (nSPS) is 12.6. The highest BCUT2D eigenvalue weighted by Crippen LogP contribution is 2.50. The maximum absolute atomic E-state index is 13.4. The van der Waals surface area contributed by atoms with Crippen LogP contribution in [-0.2, 0) is 46.7 Å². The van der Waals surface area contributed by atoms with Crippen molar-refractivity contribution in [2.75, 3.05) is 39.6 Å². The van der Waals surface area contributed by atoms with Crippen LogP contribution in [0.2, 0.25) is 0 Å². The molecule has 0 spiro atoms. The molecular formula is C36H66Br3O10P. The van der Waals surface area contributed by atoms with Gasteiger partial charge in [-0.3, -0.25) is 28.0 Å². The first-order valence-electron chi connectivity index (χ1n) is 18.5. The van der Waals surface area contributed by atoms with E-state index in [1.165, 1.54) is 0 Å². The SMILES string of the molecule is CC(C)(Br)C(=O)OCCCCCCCCOP(=O)(OCCCCCCCCOC(=O)C(C)(C)Br)OCCCCCCCCOC(=O)C(C)(C)Br. The van der Waals surface area contributed by atoms with Crippen LogP contribution in [0.1, 0.15) is 157 Å². The van der Waals surface area contributed by atoms with E-state index < -0.39 is 20.8 Å². The van der Waals surface area contributed by atoms with Crippen LogP contribution in [0.4, 0.5) is 0 Å². The lowest BCUT2D eigenvalue weighted by Crippen LogP contribution is -2.26. The molecule has 0 aromatic heterocycles. The first-order chi connectivity index (χ1) is 23.4. The fourth-order valence-corrected chi connectivity index (χ4v) is 6.01. The second kappa shape index (κ2) is 28.4. The number of carbonyl (C=O) groups is 3. The molecule has 0 fully saturated rings. The number of phosphoric acid groups is 1. The number of halogens is 3. The predicted molar refractivity (Wildman–Crippen MR) is 210 cm³/mol. The van der Waals surface area contributed by atoms with Crippen molar-refractivity contribution in [3.8, 4) is 0 Å². The van der Waals surface area contributed by atoms with Crippen LogP contribution in [0, 0.1) is 0 Å². The number of unbranched alkanes of at least 4 members (excludes halogenated alkanes) is 15. The molecule has 10 nitrogen and oxygen atoms in total. The molecule has 0 N–H and O–H groups in total. The molecule has 0 unspecified atom stereocenters. The van der Waals surface area contributed by atoms with E-state index in [0.29, 0.717) is 39.6 Å². The molecule has 0 saturated carbocycles. The number of carbonyl (C=O) groups excluding carboxylic acids is 3. The fraction of sp³-hybridized carbons (Fsp3) is 0.917. The summed E-state index contributed by atoms with van der Waals surface area (Å²) in [4.78, 5) is 35.4. The summed E-state index contributed by atoms with van der Waals surface area (Å²) in [5.41, 5.74) is 0. The smallest absolute Gasteiger partial charge is 0.465 e. The number of esters is 3. The van der Waals surface area contributed by atoms with Gasteiger partial charge in [0.2, 0.25) is 0 Å². The number of alkyl halides is 3. The van der Waals surface area contributed by atoms with E-state index in [4.69, 9.17) is 27.8 Å². The number of ether oxygens (including phenoxy) is 3. The average Bonchev–Trinajstić information content (AvgIpc) is 3.02. The third-order valence-corrected chi connectivity index (χ3v) is 9.99.